The summed E-state index contributed by atoms with van der Waals surface area (Å²) in [7, 11) is 0. The Morgan fingerprint density at radius 1 is 0.967 bits per heavy atom. The zero-order valence-corrected chi connectivity index (χ0v) is 18.0. The molecular formula is C26H26ClNO2. The molecule has 1 aliphatic heterocycles. The normalized spacial score (nSPS) is 20.8. The molecule has 0 bridgehead atoms. The van der Waals surface area contributed by atoms with Gasteiger partial charge in [-0.1, -0.05) is 67.9 Å². The molecule has 3 nitrogen and oxygen atoms in total. The molecule has 0 atom stereocenters. The highest BCUT2D eigenvalue weighted by molar-refractivity contribution is 6.32. The van der Waals surface area contributed by atoms with Gasteiger partial charge in [-0.3, -0.25) is 0 Å². The van der Waals surface area contributed by atoms with Crippen molar-refractivity contribution in [2.45, 2.75) is 38.5 Å². The molecule has 0 aromatic heterocycles. The van der Waals surface area contributed by atoms with Crippen LogP contribution in [0.5, 0.6) is 11.5 Å². The van der Waals surface area contributed by atoms with E-state index in [1.807, 2.05) is 12.2 Å². The molecular weight excluding hydrogens is 394 g/mol. The molecule has 0 saturated carbocycles. The first-order valence-electron chi connectivity index (χ1n) is 10.2. The van der Waals surface area contributed by atoms with Gasteiger partial charge in [-0.25, -0.2) is 0 Å². The van der Waals surface area contributed by atoms with Gasteiger partial charge in [-0.2, -0.15) is 0 Å². The minimum atomic E-state index is -0.124. The Hall–Kier alpha value is -2.91. The average Bonchev–Trinajstić information content (AvgIpc) is 2.99. The number of hydrogen-bond donors (Lipinski definition) is 3. The Morgan fingerprint density at radius 3 is 2.53 bits per heavy atom. The number of fused-ring (bicyclic) bond motifs is 1. The smallest absolute Gasteiger partial charge is 0.157 e. The Bertz CT molecular complexity index is 1110. The number of benzene rings is 2. The van der Waals surface area contributed by atoms with Crippen molar-refractivity contribution in [1.82, 2.24) is 0 Å². The van der Waals surface area contributed by atoms with Crippen molar-refractivity contribution in [2.75, 3.05) is 5.32 Å². The summed E-state index contributed by atoms with van der Waals surface area (Å²) in [6.45, 7) is 4.46. The van der Waals surface area contributed by atoms with E-state index < -0.39 is 0 Å². The van der Waals surface area contributed by atoms with Gasteiger partial charge in [-0.15, -0.1) is 0 Å². The lowest BCUT2D eigenvalue weighted by atomic mass is 9.83. The molecule has 1 aliphatic carbocycles. The molecule has 0 spiro atoms. The largest absolute Gasteiger partial charge is 0.504 e. The highest BCUT2D eigenvalue weighted by atomic mass is 35.5. The van der Waals surface area contributed by atoms with Crippen molar-refractivity contribution < 1.29 is 10.2 Å². The third-order valence-electron chi connectivity index (χ3n) is 5.93. The van der Waals surface area contributed by atoms with E-state index in [4.69, 9.17) is 11.6 Å². The molecule has 0 radical (unpaired) electrons. The van der Waals surface area contributed by atoms with Crippen molar-refractivity contribution in [3.8, 4) is 11.5 Å². The second kappa shape index (κ2) is 8.08. The number of halogens is 1. The first kappa shape index (κ1) is 20.4. The maximum Gasteiger partial charge on any atom is 0.157 e. The highest BCUT2D eigenvalue weighted by Crippen LogP contribution is 2.43. The third kappa shape index (κ3) is 3.90. The molecule has 30 heavy (non-hydrogen) atoms. The van der Waals surface area contributed by atoms with Crippen LogP contribution in [-0.4, -0.2) is 10.2 Å². The molecule has 2 aromatic carbocycles. The minimum absolute atomic E-state index is 0.0673. The van der Waals surface area contributed by atoms with E-state index in [1.54, 1.807) is 6.07 Å². The molecule has 0 fully saturated rings. The summed E-state index contributed by atoms with van der Waals surface area (Å²) >= 11 is 6.74. The van der Waals surface area contributed by atoms with E-state index in [9.17, 15) is 10.2 Å². The number of phenolic OH excluding ortho intramolecular Hbond substituents is 2. The van der Waals surface area contributed by atoms with Crippen molar-refractivity contribution in [1.29, 1.82) is 0 Å². The van der Waals surface area contributed by atoms with Gasteiger partial charge >= 0.3 is 0 Å². The summed E-state index contributed by atoms with van der Waals surface area (Å²) in [5.41, 5.74) is 6.61. The maximum absolute atomic E-state index is 9.67. The van der Waals surface area contributed by atoms with Crippen LogP contribution in [-0.2, 0) is 5.41 Å². The number of nitrogens with one attached hydrogen (secondary N) is 1. The van der Waals surface area contributed by atoms with Crippen molar-refractivity contribution in [3.63, 3.8) is 0 Å². The van der Waals surface area contributed by atoms with Crippen molar-refractivity contribution in [3.05, 3.63) is 93.7 Å². The van der Waals surface area contributed by atoms with Crippen molar-refractivity contribution >= 4 is 23.4 Å². The molecule has 2 aromatic rings. The predicted molar refractivity (Wildman–Crippen MR) is 125 cm³/mol. The van der Waals surface area contributed by atoms with Crippen LogP contribution < -0.4 is 5.32 Å². The van der Waals surface area contributed by atoms with Crippen LogP contribution in [0.15, 0.2) is 82.6 Å². The standard InChI is InChI=1S/C26H26ClNO2/c1-26(2)20-8-3-4-9-21(20)28-24(26)15-13-19-7-5-6-18(25(19)27)12-10-17-11-14-22(29)23(30)16-17/h3-4,8-16,28-30H,5-7H2,1-2H3/b12-10+,19-13+,24-15-. The summed E-state index contributed by atoms with van der Waals surface area (Å²) in [4.78, 5) is 0. The summed E-state index contributed by atoms with van der Waals surface area (Å²) in [5.74, 6) is -0.244. The number of rotatable bonds is 3. The minimum Gasteiger partial charge on any atom is -0.504 e. The fraction of sp³-hybridized carbons (Fsp3) is 0.231. The molecule has 0 saturated heterocycles. The SMILES string of the molecule is CC1(C)/C(=C/C=C2\CCCC(/C=C/c3ccc(O)c(O)c3)=C2Cl)Nc2ccccc21. The monoisotopic (exact) mass is 419 g/mol. The van der Waals surface area contributed by atoms with E-state index >= 15 is 0 Å². The van der Waals surface area contributed by atoms with Crippen LogP contribution in [0.1, 0.15) is 44.2 Å². The number of hydrogen-bond acceptors (Lipinski definition) is 3. The summed E-state index contributed by atoms with van der Waals surface area (Å²) < 4.78 is 0. The lowest BCUT2D eigenvalue weighted by Crippen LogP contribution is -2.17. The topological polar surface area (TPSA) is 52.5 Å². The lowest BCUT2D eigenvalue weighted by molar-refractivity contribution is 0.403. The summed E-state index contributed by atoms with van der Waals surface area (Å²) in [5, 5.41) is 23.5. The van der Waals surface area contributed by atoms with E-state index in [2.05, 4.69) is 55.6 Å². The van der Waals surface area contributed by atoms with Gasteiger partial charge in [0.1, 0.15) is 0 Å². The molecule has 3 N–H and O–H groups in total. The third-order valence-corrected chi connectivity index (χ3v) is 6.41. The molecule has 0 amide bonds. The zero-order chi connectivity index (χ0) is 21.3. The average molecular weight is 420 g/mol. The molecule has 4 rings (SSSR count). The van der Waals surface area contributed by atoms with Crippen LogP contribution in [0.25, 0.3) is 6.08 Å². The number of aromatic hydroxyl groups is 2. The predicted octanol–water partition coefficient (Wildman–Crippen LogP) is 7.00. The molecule has 1 heterocycles. The first-order valence-corrected chi connectivity index (χ1v) is 10.6. The van der Waals surface area contributed by atoms with E-state index in [0.29, 0.717) is 0 Å². The van der Waals surface area contributed by atoms with E-state index in [-0.39, 0.29) is 16.9 Å². The fourth-order valence-electron chi connectivity index (χ4n) is 4.07. The molecule has 154 valence electrons. The van der Waals surface area contributed by atoms with Gasteiger partial charge in [-0.05, 0) is 65.8 Å². The maximum atomic E-state index is 9.67. The summed E-state index contributed by atoms with van der Waals surface area (Å²) in [6.07, 6.45) is 11.1. The van der Waals surface area contributed by atoms with Crippen LogP contribution in [0, 0.1) is 0 Å². The van der Waals surface area contributed by atoms with Gasteiger partial charge in [0.15, 0.2) is 11.5 Å². The molecule has 0 unspecified atom stereocenters. The zero-order valence-electron chi connectivity index (χ0n) is 17.2. The Morgan fingerprint density at radius 2 is 1.77 bits per heavy atom. The van der Waals surface area contributed by atoms with Gasteiger partial charge in [0.25, 0.3) is 0 Å². The van der Waals surface area contributed by atoms with Gasteiger partial charge in [0.2, 0.25) is 0 Å². The van der Waals surface area contributed by atoms with Crippen LogP contribution >= 0.6 is 11.6 Å². The highest BCUT2D eigenvalue weighted by Gasteiger charge is 2.33. The van der Waals surface area contributed by atoms with Crippen LogP contribution in [0.4, 0.5) is 5.69 Å². The number of allylic oxidation sites excluding steroid dienone is 7. The van der Waals surface area contributed by atoms with Crippen LogP contribution in [0.2, 0.25) is 0 Å². The van der Waals surface area contributed by atoms with Gasteiger partial charge < -0.3 is 15.5 Å². The van der Waals surface area contributed by atoms with Crippen molar-refractivity contribution in [2.24, 2.45) is 0 Å². The number of phenols is 2. The second-order valence-electron chi connectivity index (χ2n) is 8.34. The Balaban J connectivity index is 1.59. The second-order valence-corrected chi connectivity index (χ2v) is 8.72. The van der Waals surface area contributed by atoms with Gasteiger partial charge in [0, 0.05) is 21.8 Å². The number of para-hydroxylation sites is 1. The Labute approximate surface area is 182 Å². The molecule has 2 aliphatic rings. The fourth-order valence-corrected chi connectivity index (χ4v) is 4.38. The first-order chi connectivity index (χ1) is 14.4. The van der Waals surface area contributed by atoms with Crippen LogP contribution in [0.3, 0.4) is 0 Å². The van der Waals surface area contributed by atoms with E-state index in [1.165, 1.54) is 29.1 Å². The Kier molecular flexibility index (Phi) is 5.48. The lowest BCUT2D eigenvalue weighted by Gasteiger charge is -2.21. The number of anilines is 1. The van der Waals surface area contributed by atoms with Gasteiger partial charge in [0.05, 0.1) is 0 Å². The quantitative estimate of drug-likeness (QED) is 0.469. The summed E-state index contributed by atoms with van der Waals surface area (Å²) in [6, 6.07) is 13.2. The van der Waals surface area contributed by atoms with E-state index in [0.717, 1.165) is 41.0 Å². The molecule has 4 heteroatoms.